The van der Waals surface area contributed by atoms with Crippen molar-refractivity contribution >= 4 is 23.3 Å². The van der Waals surface area contributed by atoms with E-state index in [1.165, 1.54) is 0 Å². The molecule has 0 saturated carbocycles. The Morgan fingerprint density at radius 2 is 1.86 bits per heavy atom. The van der Waals surface area contributed by atoms with Crippen molar-refractivity contribution in [2.24, 2.45) is 0 Å². The van der Waals surface area contributed by atoms with Crippen molar-refractivity contribution in [3.63, 3.8) is 0 Å². The number of amides is 2. The highest BCUT2D eigenvalue weighted by Gasteiger charge is 2.45. The molecule has 1 unspecified atom stereocenters. The predicted molar refractivity (Wildman–Crippen MR) is 90.4 cm³/mol. The first kappa shape index (κ1) is 14.9. The van der Waals surface area contributed by atoms with Gasteiger partial charge in [0.05, 0.1) is 5.54 Å². The van der Waals surface area contributed by atoms with E-state index in [1.807, 2.05) is 48.2 Å². The van der Waals surface area contributed by atoms with Crippen LogP contribution in [0.5, 0.6) is 0 Å². The molecule has 1 heterocycles. The number of hydrogen-bond acceptors (Lipinski definition) is 1. The Morgan fingerprint density at radius 1 is 1.14 bits per heavy atom. The predicted octanol–water partition coefficient (Wildman–Crippen LogP) is 4.86. The molecular weight excluding hydrogens is 296 g/mol. The quantitative estimate of drug-likeness (QED) is 0.862. The molecule has 3 rings (SSSR count). The van der Waals surface area contributed by atoms with E-state index in [9.17, 15) is 4.79 Å². The Hall–Kier alpha value is -2.00. The average molecular weight is 315 g/mol. The molecule has 114 valence electrons. The number of nitrogens with zero attached hydrogens (tertiary/aromatic N) is 1. The lowest BCUT2D eigenvalue weighted by molar-refractivity contribution is 0.144. The van der Waals surface area contributed by atoms with Crippen molar-refractivity contribution in [1.29, 1.82) is 0 Å². The molecule has 1 aliphatic heterocycles. The van der Waals surface area contributed by atoms with Crippen molar-refractivity contribution in [1.82, 2.24) is 4.90 Å². The third kappa shape index (κ3) is 2.08. The van der Waals surface area contributed by atoms with Crippen molar-refractivity contribution in [3.05, 3.63) is 64.7 Å². The highest BCUT2D eigenvalue weighted by Crippen LogP contribution is 2.46. The Labute approximate surface area is 135 Å². The molecule has 0 aromatic heterocycles. The zero-order chi connectivity index (χ0) is 15.7. The smallest absolute Gasteiger partial charge is 0.311 e. The van der Waals surface area contributed by atoms with E-state index in [-0.39, 0.29) is 6.03 Å². The Bertz CT molecular complexity index is 701. The molecule has 0 radical (unpaired) electrons. The monoisotopic (exact) mass is 314 g/mol. The summed E-state index contributed by atoms with van der Waals surface area (Å²) in [7, 11) is 0. The molecule has 4 heteroatoms. The van der Waals surface area contributed by atoms with E-state index < -0.39 is 5.54 Å². The number of benzene rings is 2. The maximum Gasteiger partial charge on any atom is 0.322 e. The lowest BCUT2D eigenvalue weighted by Crippen LogP contribution is -2.55. The molecule has 0 bridgehead atoms. The maximum absolute atomic E-state index is 12.6. The molecule has 22 heavy (non-hydrogen) atoms. The lowest BCUT2D eigenvalue weighted by Gasteiger charge is -2.48. The molecule has 1 atom stereocenters. The first-order valence-electron chi connectivity index (χ1n) is 7.57. The van der Waals surface area contributed by atoms with Crippen LogP contribution in [0.3, 0.4) is 0 Å². The normalized spacial score (nSPS) is 20.5. The number of anilines is 1. The van der Waals surface area contributed by atoms with Crippen LogP contribution in [0.1, 0.15) is 31.4 Å². The molecule has 1 N–H and O–H groups in total. The first-order valence-corrected chi connectivity index (χ1v) is 7.95. The Morgan fingerprint density at radius 3 is 2.50 bits per heavy atom. The lowest BCUT2D eigenvalue weighted by atomic mass is 9.77. The summed E-state index contributed by atoms with van der Waals surface area (Å²) < 4.78 is 0. The minimum atomic E-state index is -0.488. The number of carbonyl (C=O) groups excluding carboxylic acids is 1. The van der Waals surface area contributed by atoms with Gasteiger partial charge in [-0.1, -0.05) is 48.9 Å². The second kappa shape index (κ2) is 5.65. The van der Waals surface area contributed by atoms with Gasteiger partial charge < -0.3 is 10.2 Å². The van der Waals surface area contributed by atoms with Gasteiger partial charge in [0.25, 0.3) is 0 Å². The molecular formula is C18H19ClN2O. The summed E-state index contributed by atoms with van der Waals surface area (Å²) in [5.74, 6) is 0. The summed E-state index contributed by atoms with van der Waals surface area (Å²) >= 11 is 6.24. The summed E-state index contributed by atoms with van der Waals surface area (Å²) in [5, 5.41) is 3.66. The van der Waals surface area contributed by atoms with Crippen molar-refractivity contribution in [2.45, 2.75) is 25.8 Å². The largest absolute Gasteiger partial charge is 0.322 e. The molecule has 0 fully saturated rings. The van der Waals surface area contributed by atoms with Crippen LogP contribution in [0.15, 0.2) is 48.5 Å². The van der Waals surface area contributed by atoms with E-state index in [2.05, 4.69) is 24.4 Å². The Kier molecular flexibility index (Phi) is 3.83. The van der Waals surface area contributed by atoms with E-state index >= 15 is 0 Å². The van der Waals surface area contributed by atoms with E-state index in [0.717, 1.165) is 23.2 Å². The number of fused-ring (bicyclic) bond motifs is 1. The van der Waals surface area contributed by atoms with Crippen molar-refractivity contribution < 1.29 is 4.79 Å². The fraction of sp³-hybridized carbons (Fsp3) is 0.278. The summed E-state index contributed by atoms with van der Waals surface area (Å²) in [4.78, 5) is 14.5. The van der Waals surface area contributed by atoms with Gasteiger partial charge in [0, 0.05) is 22.8 Å². The van der Waals surface area contributed by atoms with E-state index in [0.29, 0.717) is 11.6 Å². The van der Waals surface area contributed by atoms with Gasteiger partial charge in [-0.05, 0) is 37.1 Å². The van der Waals surface area contributed by atoms with Gasteiger partial charge in [-0.2, -0.15) is 0 Å². The first-order chi connectivity index (χ1) is 10.6. The third-order valence-corrected chi connectivity index (χ3v) is 4.69. The van der Waals surface area contributed by atoms with Crippen LogP contribution in [0.4, 0.5) is 10.5 Å². The van der Waals surface area contributed by atoms with Gasteiger partial charge in [-0.15, -0.1) is 0 Å². The fourth-order valence-electron chi connectivity index (χ4n) is 3.49. The number of hydrogen-bond donors (Lipinski definition) is 1. The van der Waals surface area contributed by atoms with E-state index in [1.54, 1.807) is 0 Å². The SMILES string of the molecule is CCN1C(=O)Nc2ccc(Cl)cc2C1(CC)c1ccccc1. The van der Waals surface area contributed by atoms with Crippen LogP contribution >= 0.6 is 11.6 Å². The summed E-state index contributed by atoms with van der Waals surface area (Å²) in [6.45, 7) is 4.74. The van der Waals surface area contributed by atoms with Crippen molar-refractivity contribution in [2.75, 3.05) is 11.9 Å². The molecule has 0 aliphatic carbocycles. The van der Waals surface area contributed by atoms with Gasteiger partial charge in [-0.25, -0.2) is 4.79 Å². The van der Waals surface area contributed by atoms with Crippen LogP contribution in [0, 0.1) is 0 Å². The topological polar surface area (TPSA) is 32.3 Å². The molecule has 0 saturated heterocycles. The second-order valence-electron chi connectivity index (χ2n) is 5.44. The highest BCUT2D eigenvalue weighted by molar-refractivity contribution is 6.30. The molecule has 0 spiro atoms. The zero-order valence-corrected chi connectivity index (χ0v) is 13.5. The summed E-state index contributed by atoms with van der Waals surface area (Å²) in [6.07, 6.45) is 0.783. The fourth-order valence-corrected chi connectivity index (χ4v) is 3.67. The molecule has 3 nitrogen and oxygen atoms in total. The number of rotatable bonds is 3. The molecule has 1 aliphatic rings. The molecule has 2 amide bonds. The van der Waals surface area contributed by atoms with Crippen LogP contribution in [-0.4, -0.2) is 17.5 Å². The van der Waals surface area contributed by atoms with Crippen LogP contribution < -0.4 is 5.32 Å². The zero-order valence-electron chi connectivity index (χ0n) is 12.8. The van der Waals surface area contributed by atoms with Crippen LogP contribution in [0.25, 0.3) is 0 Å². The van der Waals surface area contributed by atoms with Crippen LogP contribution in [-0.2, 0) is 5.54 Å². The van der Waals surface area contributed by atoms with Crippen molar-refractivity contribution in [3.8, 4) is 0 Å². The Balaban J connectivity index is 2.33. The molecule has 2 aromatic carbocycles. The minimum absolute atomic E-state index is 0.0666. The van der Waals surface area contributed by atoms with E-state index in [4.69, 9.17) is 11.6 Å². The van der Waals surface area contributed by atoms with Gasteiger partial charge in [0.15, 0.2) is 0 Å². The highest BCUT2D eigenvalue weighted by atomic mass is 35.5. The number of urea groups is 1. The number of carbonyl (C=O) groups is 1. The average Bonchev–Trinajstić information content (AvgIpc) is 2.55. The summed E-state index contributed by atoms with van der Waals surface area (Å²) in [6, 6.07) is 15.8. The van der Waals surface area contributed by atoms with Crippen LogP contribution in [0.2, 0.25) is 5.02 Å². The minimum Gasteiger partial charge on any atom is -0.311 e. The standard InChI is InChI=1S/C18H19ClN2O/c1-3-18(13-8-6-5-7-9-13)15-12-14(19)10-11-16(15)20-17(22)21(18)4-2/h5-12H,3-4H2,1-2H3,(H,20,22). The van der Waals surface area contributed by atoms with Gasteiger partial charge in [0.1, 0.15) is 0 Å². The van der Waals surface area contributed by atoms with Gasteiger partial charge in [-0.3, -0.25) is 0 Å². The van der Waals surface area contributed by atoms with Gasteiger partial charge in [0.2, 0.25) is 0 Å². The number of halogens is 1. The summed E-state index contributed by atoms with van der Waals surface area (Å²) in [5.41, 5.74) is 2.51. The third-order valence-electron chi connectivity index (χ3n) is 4.45. The maximum atomic E-state index is 12.6. The van der Waals surface area contributed by atoms with Gasteiger partial charge >= 0.3 is 6.03 Å². The molecule has 2 aromatic rings. The number of nitrogens with one attached hydrogen (secondary N) is 1. The second-order valence-corrected chi connectivity index (χ2v) is 5.88.